The van der Waals surface area contributed by atoms with Crippen molar-refractivity contribution in [3.05, 3.63) is 35.3 Å². The second kappa shape index (κ2) is 1.24. The number of ether oxygens (including phenoxy) is 1. The zero-order chi connectivity index (χ0) is 6.55. The monoisotopic (exact) mass is 131 g/mol. The molecule has 0 N–H and O–H groups in total. The SMILES string of the molecule is C1=CC2OC1=C1C=NC=C12. The van der Waals surface area contributed by atoms with E-state index in [0.29, 0.717) is 0 Å². The molecule has 0 saturated carbocycles. The van der Waals surface area contributed by atoms with E-state index >= 15 is 0 Å². The van der Waals surface area contributed by atoms with Gasteiger partial charge in [0.1, 0.15) is 11.9 Å². The van der Waals surface area contributed by atoms with E-state index in [4.69, 9.17) is 4.74 Å². The Balaban J connectivity index is 2.34. The highest BCUT2D eigenvalue weighted by Crippen LogP contribution is 2.38. The quantitative estimate of drug-likeness (QED) is 0.483. The molecular weight excluding hydrogens is 126 g/mol. The molecule has 1 atom stereocenters. The summed E-state index contributed by atoms with van der Waals surface area (Å²) in [6, 6.07) is 0. The van der Waals surface area contributed by atoms with Crippen LogP contribution in [0, 0.1) is 0 Å². The van der Waals surface area contributed by atoms with Crippen LogP contribution in [-0.4, -0.2) is 12.3 Å². The fourth-order valence-electron chi connectivity index (χ4n) is 1.48. The summed E-state index contributed by atoms with van der Waals surface area (Å²) in [4.78, 5) is 4.04. The van der Waals surface area contributed by atoms with Gasteiger partial charge < -0.3 is 4.74 Å². The molecule has 3 aliphatic heterocycles. The van der Waals surface area contributed by atoms with Crippen LogP contribution in [0.1, 0.15) is 0 Å². The molecule has 0 aliphatic carbocycles. The first kappa shape index (κ1) is 4.50. The third kappa shape index (κ3) is 0.328. The smallest absolute Gasteiger partial charge is 0.145 e. The van der Waals surface area contributed by atoms with Crippen LogP contribution in [0.15, 0.2) is 40.2 Å². The van der Waals surface area contributed by atoms with Gasteiger partial charge in [-0.15, -0.1) is 0 Å². The normalized spacial score (nSPS) is 31.2. The number of aliphatic imine (C=N–C) groups is 1. The highest BCUT2D eigenvalue weighted by molar-refractivity contribution is 5.92. The van der Waals surface area contributed by atoms with Crippen LogP contribution in [0.4, 0.5) is 0 Å². The van der Waals surface area contributed by atoms with Gasteiger partial charge in [0.2, 0.25) is 0 Å². The lowest BCUT2D eigenvalue weighted by Gasteiger charge is -2.00. The van der Waals surface area contributed by atoms with Crippen molar-refractivity contribution in [3.63, 3.8) is 0 Å². The summed E-state index contributed by atoms with van der Waals surface area (Å²) in [5, 5.41) is 0. The molecule has 2 bridgehead atoms. The second-order valence-corrected chi connectivity index (χ2v) is 2.54. The summed E-state index contributed by atoms with van der Waals surface area (Å²) in [6.07, 6.45) is 7.96. The number of fused-ring (bicyclic) bond motifs is 4. The zero-order valence-electron chi connectivity index (χ0n) is 5.24. The van der Waals surface area contributed by atoms with E-state index in [0.717, 1.165) is 5.76 Å². The molecule has 3 rings (SSSR count). The Kier molecular flexibility index (Phi) is 0.556. The maximum Gasteiger partial charge on any atom is 0.145 e. The van der Waals surface area contributed by atoms with Crippen molar-refractivity contribution in [2.24, 2.45) is 4.99 Å². The maximum atomic E-state index is 5.45. The lowest BCUT2D eigenvalue weighted by atomic mass is 10.0. The molecule has 0 aromatic rings. The number of hydrogen-bond acceptors (Lipinski definition) is 2. The van der Waals surface area contributed by atoms with Gasteiger partial charge in [0.05, 0.1) is 0 Å². The van der Waals surface area contributed by atoms with Crippen LogP contribution in [-0.2, 0) is 4.74 Å². The van der Waals surface area contributed by atoms with Crippen LogP contribution >= 0.6 is 0 Å². The van der Waals surface area contributed by atoms with Crippen molar-refractivity contribution in [3.8, 4) is 0 Å². The predicted molar refractivity (Wildman–Crippen MR) is 37.6 cm³/mol. The first-order valence-electron chi connectivity index (χ1n) is 3.28. The minimum Gasteiger partial charge on any atom is -0.481 e. The average molecular weight is 131 g/mol. The lowest BCUT2D eigenvalue weighted by Crippen LogP contribution is -2.01. The van der Waals surface area contributed by atoms with Gasteiger partial charge in [-0.2, -0.15) is 0 Å². The molecule has 0 spiro atoms. The molecule has 10 heavy (non-hydrogen) atoms. The van der Waals surface area contributed by atoms with Gasteiger partial charge in [0.25, 0.3) is 0 Å². The van der Waals surface area contributed by atoms with Crippen molar-refractivity contribution in [1.29, 1.82) is 0 Å². The van der Waals surface area contributed by atoms with Crippen LogP contribution < -0.4 is 0 Å². The van der Waals surface area contributed by atoms with Crippen LogP contribution in [0.25, 0.3) is 0 Å². The number of rotatable bonds is 0. The van der Waals surface area contributed by atoms with Crippen molar-refractivity contribution >= 4 is 6.21 Å². The summed E-state index contributed by atoms with van der Waals surface area (Å²) in [6.45, 7) is 0. The van der Waals surface area contributed by atoms with Crippen molar-refractivity contribution in [1.82, 2.24) is 0 Å². The molecule has 2 nitrogen and oxygen atoms in total. The van der Waals surface area contributed by atoms with E-state index in [1.807, 2.05) is 18.5 Å². The van der Waals surface area contributed by atoms with Gasteiger partial charge in [-0.05, 0) is 12.2 Å². The second-order valence-electron chi connectivity index (χ2n) is 2.54. The van der Waals surface area contributed by atoms with Gasteiger partial charge in [-0.25, -0.2) is 0 Å². The maximum absolute atomic E-state index is 5.45. The third-order valence-corrected chi connectivity index (χ3v) is 1.98. The Labute approximate surface area is 58.2 Å². The highest BCUT2D eigenvalue weighted by atomic mass is 16.5. The fourth-order valence-corrected chi connectivity index (χ4v) is 1.48. The molecule has 1 unspecified atom stereocenters. The minimum absolute atomic E-state index is 0.174. The summed E-state index contributed by atoms with van der Waals surface area (Å²) >= 11 is 0. The van der Waals surface area contributed by atoms with E-state index in [9.17, 15) is 0 Å². The predicted octanol–water partition coefficient (Wildman–Crippen LogP) is 1.18. The first-order chi connectivity index (χ1) is 4.95. The molecule has 0 saturated heterocycles. The van der Waals surface area contributed by atoms with E-state index < -0.39 is 0 Å². The average Bonchev–Trinajstić information content (AvgIpc) is 2.60. The summed E-state index contributed by atoms with van der Waals surface area (Å²) in [5.41, 5.74) is 2.39. The van der Waals surface area contributed by atoms with Gasteiger partial charge in [-0.1, -0.05) is 0 Å². The van der Waals surface area contributed by atoms with Crippen molar-refractivity contribution in [2.45, 2.75) is 6.10 Å². The van der Waals surface area contributed by atoms with Gasteiger partial charge in [0.15, 0.2) is 0 Å². The molecule has 48 valence electrons. The number of nitrogens with zero attached hydrogens (tertiary/aromatic N) is 1. The molecule has 0 radical (unpaired) electrons. The summed E-state index contributed by atoms with van der Waals surface area (Å²) in [7, 11) is 0. The van der Waals surface area contributed by atoms with Gasteiger partial charge in [0, 0.05) is 23.6 Å². The van der Waals surface area contributed by atoms with E-state index in [1.165, 1.54) is 11.1 Å². The largest absolute Gasteiger partial charge is 0.481 e. The van der Waals surface area contributed by atoms with Gasteiger partial charge >= 0.3 is 0 Å². The van der Waals surface area contributed by atoms with Crippen molar-refractivity contribution in [2.75, 3.05) is 0 Å². The summed E-state index contributed by atoms with van der Waals surface area (Å²) in [5.74, 6) is 0.984. The van der Waals surface area contributed by atoms with Crippen LogP contribution in [0.3, 0.4) is 0 Å². The number of hydrogen-bond donors (Lipinski definition) is 0. The van der Waals surface area contributed by atoms with E-state index in [2.05, 4.69) is 11.1 Å². The van der Waals surface area contributed by atoms with Crippen molar-refractivity contribution < 1.29 is 4.74 Å². The highest BCUT2D eigenvalue weighted by Gasteiger charge is 2.33. The molecular formula is C8H5NO. The van der Waals surface area contributed by atoms with Crippen LogP contribution in [0.2, 0.25) is 0 Å². The third-order valence-electron chi connectivity index (χ3n) is 1.98. The van der Waals surface area contributed by atoms with E-state index in [1.54, 1.807) is 0 Å². The zero-order valence-corrected chi connectivity index (χ0v) is 5.24. The topological polar surface area (TPSA) is 21.6 Å². The Bertz CT molecular complexity index is 320. The summed E-state index contributed by atoms with van der Waals surface area (Å²) < 4.78 is 5.45. The molecule has 3 aliphatic rings. The lowest BCUT2D eigenvalue weighted by molar-refractivity contribution is 0.232. The Morgan fingerprint density at radius 3 is 3.40 bits per heavy atom. The fraction of sp³-hybridized carbons (Fsp3) is 0.125. The van der Waals surface area contributed by atoms with Gasteiger partial charge in [-0.3, -0.25) is 4.99 Å². The molecule has 2 heteroatoms. The molecule has 3 heterocycles. The standard InChI is InChI=1S/C8H5NO/c1-2-8-6-4-9-3-5(6)7(1)10-8/h1-4,7H. The number of allylic oxidation sites excluding steroid dienone is 1. The Morgan fingerprint density at radius 2 is 2.50 bits per heavy atom. The molecule has 0 amide bonds. The van der Waals surface area contributed by atoms with Crippen LogP contribution in [0.5, 0.6) is 0 Å². The van der Waals surface area contributed by atoms with E-state index in [-0.39, 0.29) is 6.10 Å². The minimum atomic E-state index is 0.174. The molecule has 0 aromatic carbocycles. The molecule has 0 aromatic heterocycles. The Hall–Kier alpha value is -1.31. The molecule has 0 fully saturated rings. The first-order valence-corrected chi connectivity index (χ1v) is 3.28. The Morgan fingerprint density at radius 1 is 1.50 bits per heavy atom.